The molecule has 1 aromatic rings. The second kappa shape index (κ2) is 4.67. The van der Waals surface area contributed by atoms with Gasteiger partial charge in [-0.25, -0.2) is 9.59 Å². The molecule has 0 aliphatic heterocycles. The van der Waals surface area contributed by atoms with Gasteiger partial charge in [-0.15, -0.1) is 0 Å². The zero-order valence-electron chi connectivity index (χ0n) is 7.98. The summed E-state index contributed by atoms with van der Waals surface area (Å²) in [6.45, 7) is 0. The van der Waals surface area contributed by atoms with Gasteiger partial charge in [0.2, 0.25) is 0 Å². The van der Waals surface area contributed by atoms with E-state index in [0.29, 0.717) is 0 Å². The highest BCUT2D eigenvalue weighted by Gasteiger charge is 2.11. The summed E-state index contributed by atoms with van der Waals surface area (Å²) in [7, 11) is 0. The Morgan fingerprint density at radius 1 is 1.31 bits per heavy atom. The topological polar surface area (TPSA) is 101 Å². The number of anilines is 1. The van der Waals surface area contributed by atoms with Gasteiger partial charge in [0.05, 0.1) is 11.3 Å². The lowest BCUT2D eigenvalue weighted by Gasteiger charge is -2.05. The number of aliphatic carboxylic acids is 1. The Balaban J connectivity index is 3.29. The molecule has 0 atom stereocenters. The number of carboxylic acids is 2. The summed E-state index contributed by atoms with van der Waals surface area (Å²) < 4.78 is 0. The highest BCUT2D eigenvalue weighted by molar-refractivity contribution is 6.31. The lowest BCUT2D eigenvalue weighted by molar-refractivity contribution is -0.131. The van der Waals surface area contributed by atoms with Crippen LogP contribution < -0.4 is 5.73 Å². The van der Waals surface area contributed by atoms with E-state index in [1.807, 2.05) is 0 Å². The fraction of sp³-hybridized carbons (Fsp3) is 0. The number of carbonyl (C=O) groups is 2. The van der Waals surface area contributed by atoms with Crippen molar-refractivity contribution in [2.75, 3.05) is 5.73 Å². The fourth-order valence-corrected chi connectivity index (χ4v) is 1.34. The third-order valence-electron chi connectivity index (χ3n) is 1.81. The van der Waals surface area contributed by atoms with E-state index in [1.165, 1.54) is 18.2 Å². The normalized spacial score (nSPS) is 10.6. The molecular weight excluding hydrogens is 234 g/mol. The minimum Gasteiger partial charge on any atom is -0.478 e. The van der Waals surface area contributed by atoms with Crippen molar-refractivity contribution >= 4 is 35.3 Å². The molecule has 1 rings (SSSR count). The van der Waals surface area contributed by atoms with Crippen molar-refractivity contribution in [3.8, 4) is 0 Å². The quantitative estimate of drug-likeness (QED) is 0.553. The molecule has 16 heavy (non-hydrogen) atoms. The first-order valence-electron chi connectivity index (χ1n) is 4.15. The van der Waals surface area contributed by atoms with E-state index in [-0.39, 0.29) is 21.8 Å². The van der Waals surface area contributed by atoms with Gasteiger partial charge < -0.3 is 15.9 Å². The molecule has 0 unspecified atom stereocenters. The summed E-state index contributed by atoms with van der Waals surface area (Å²) in [6.07, 6.45) is 2.05. The minimum absolute atomic E-state index is 0.0191. The zero-order valence-corrected chi connectivity index (χ0v) is 8.73. The van der Waals surface area contributed by atoms with Crippen molar-refractivity contribution in [3.05, 3.63) is 34.4 Å². The van der Waals surface area contributed by atoms with Gasteiger partial charge in [-0.3, -0.25) is 0 Å². The maximum atomic E-state index is 10.8. The van der Waals surface area contributed by atoms with Crippen molar-refractivity contribution in [2.45, 2.75) is 0 Å². The Bertz CT molecular complexity index is 482. The smallest absolute Gasteiger partial charge is 0.337 e. The molecule has 6 heteroatoms. The summed E-state index contributed by atoms with van der Waals surface area (Å²) in [5.74, 6) is -2.37. The minimum atomic E-state index is -1.22. The summed E-state index contributed by atoms with van der Waals surface area (Å²) in [5.41, 5.74) is 5.64. The first kappa shape index (κ1) is 12.1. The molecule has 0 radical (unpaired) electrons. The number of carboxylic acid groups (broad SMARTS) is 2. The standard InChI is InChI=1S/C10H8ClNO4/c11-6-3-5(1-2-8(13)14)9(12)7(4-6)10(15)16/h1-4H,12H2,(H,13,14)(H,15,16). The van der Waals surface area contributed by atoms with Gasteiger partial charge in [-0.1, -0.05) is 11.6 Å². The molecule has 84 valence electrons. The van der Waals surface area contributed by atoms with E-state index < -0.39 is 11.9 Å². The number of halogens is 1. The molecule has 0 heterocycles. The lowest BCUT2D eigenvalue weighted by Crippen LogP contribution is -2.04. The Hall–Kier alpha value is -2.01. The first-order valence-corrected chi connectivity index (χ1v) is 4.53. The molecule has 0 aliphatic carbocycles. The van der Waals surface area contributed by atoms with E-state index in [9.17, 15) is 9.59 Å². The summed E-state index contributed by atoms with van der Waals surface area (Å²) in [5, 5.41) is 17.4. The number of aromatic carboxylic acids is 1. The van der Waals surface area contributed by atoms with E-state index in [0.717, 1.165) is 6.08 Å². The van der Waals surface area contributed by atoms with Crippen molar-refractivity contribution in [2.24, 2.45) is 0 Å². The van der Waals surface area contributed by atoms with Gasteiger partial charge in [0.15, 0.2) is 0 Å². The number of hydrogen-bond acceptors (Lipinski definition) is 3. The molecule has 0 aromatic heterocycles. The van der Waals surface area contributed by atoms with Gasteiger partial charge in [-0.2, -0.15) is 0 Å². The van der Waals surface area contributed by atoms with Crippen LogP contribution >= 0.6 is 11.6 Å². The average Bonchev–Trinajstić information content (AvgIpc) is 2.18. The van der Waals surface area contributed by atoms with Crippen LogP contribution in [-0.2, 0) is 4.79 Å². The molecule has 4 N–H and O–H groups in total. The lowest BCUT2D eigenvalue weighted by atomic mass is 10.1. The van der Waals surface area contributed by atoms with E-state index in [2.05, 4.69) is 0 Å². The summed E-state index contributed by atoms with van der Waals surface area (Å²) in [4.78, 5) is 21.1. The van der Waals surface area contributed by atoms with Crippen LogP contribution in [0.25, 0.3) is 6.08 Å². The number of rotatable bonds is 3. The Morgan fingerprint density at radius 2 is 1.94 bits per heavy atom. The SMILES string of the molecule is Nc1c(C=CC(=O)O)cc(Cl)cc1C(=O)O. The van der Waals surface area contributed by atoms with Crippen LogP contribution in [-0.4, -0.2) is 22.2 Å². The number of nitrogens with two attached hydrogens (primary N) is 1. The third kappa shape index (κ3) is 2.74. The predicted molar refractivity (Wildman–Crippen MR) is 59.5 cm³/mol. The van der Waals surface area contributed by atoms with Gasteiger partial charge in [0, 0.05) is 11.1 Å². The van der Waals surface area contributed by atoms with Crippen molar-refractivity contribution in [3.63, 3.8) is 0 Å². The fourth-order valence-electron chi connectivity index (χ4n) is 1.12. The highest BCUT2D eigenvalue weighted by Crippen LogP contribution is 2.24. The second-order valence-corrected chi connectivity index (χ2v) is 3.37. The molecule has 0 bridgehead atoms. The van der Waals surface area contributed by atoms with Crippen LogP contribution in [0.4, 0.5) is 5.69 Å². The largest absolute Gasteiger partial charge is 0.478 e. The van der Waals surface area contributed by atoms with Crippen LogP contribution in [0.2, 0.25) is 5.02 Å². The Morgan fingerprint density at radius 3 is 2.44 bits per heavy atom. The molecule has 0 amide bonds. The highest BCUT2D eigenvalue weighted by atomic mass is 35.5. The molecule has 5 nitrogen and oxygen atoms in total. The Kier molecular flexibility index (Phi) is 3.52. The molecule has 0 saturated carbocycles. The summed E-state index contributed by atoms with van der Waals surface area (Å²) in [6, 6.07) is 2.60. The van der Waals surface area contributed by atoms with E-state index in [1.54, 1.807) is 0 Å². The molecule has 0 aliphatic rings. The zero-order chi connectivity index (χ0) is 12.3. The number of hydrogen-bond donors (Lipinski definition) is 3. The van der Waals surface area contributed by atoms with Gasteiger partial charge >= 0.3 is 11.9 Å². The van der Waals surface area contributed by atoms with Gasteiger partial charge in [0.1, 0.15) is 0 Å². The van der Waals surface area contributed by atoms with E-state index in [4.69, 9.17) is 27.5 Å². The van der Waals surface area contributed by atoms with Crippen molar-refractivity contribution in [1.82, 2.24) is 0 Å². The second-order valence-electron chi connectivity index (χ2n) is 2.93. The molecule has 0 saturated heterocycles. The third-order valence-corrected chi connectivity index (χ3v) is 2.03. The van der Waals surface area contributed by atoms with Gasteiger partial charge in [0.25, 0.3) is 0 Å². The number of nitrogen functional groups attached to an aromatic ring is 1. The molecule has 0 fully saturated rings. The van der Waals surface area contributed by atoms with Crippen LogP contribution in [0.1, 0.15) is 15.9 Å². The van der Waals surface area contributed by atoms with Crippen molar-refractivity contribution in [1.29, 1.82) is 0 Å². The molecule has 0 spiro atoms. The predicted octanol–water partition coefficient (Wildman–Crippen LogP) is 1.72. The maximum Gasteiger partial charge on any atom is 0.337 e. The van der Waals surface area contributed by atoms with Crippen LogP contribution in [0, 0.1) is 0 Å². The van der Waals surface area contributed by atoms with Crippen molar-refractivity contribution < 1.29 is 19.8 Å². The Labute approximate surface area is 95.8 Å². The first-order chi connectivity index (χ1) is 7.41. The monoisotopic (exact) mass is 241 g/mol. The maximum absolute atomic E-state index is 10.8. The average molecular weight is 242 g/mol. The van der Waals surface area contributed by atoms with Crippen LogP contribution in [0.5, 0.6) is 0 Å². The van der Waals surface area contributed by atoms with Crippen LogP contribution in [0.3, 0.4) is 0 Å². The molecule has 1 aromatic carbocycles. The van der Waals surface area contributed by atoms with Crippen LogP contribution in [0.15, 0.2) is 18.2 Å². The summed E-state index contributed by atoms with van der Waals surface area (Å²) >= 11 is 5.68. The van der Waals surface area contributed by atoms with E-state index >= 15 is 0 Å². The molecular formula is C10H8ClNO4. The van der Waals surface area contributed by atoms with Gasteiger partial charge in [-0.05, 0) is 23.8 Å². The number of benzene rings is 1.